The Morgan fingerprint density at radius 2 is 2.00 bits per heavy atom. The van der Waals surface area contributed by atoms with Crippen molar-refractivity contribution in [2.45, 2.75) is 12.6 Å². The highest BCUT2D eigenvalue weighted by molar-refractivity contribution is 5.34. The van der Waals surface area contributed by atoms with Gasteiger partial charge in [-0.2, -0.15) is 13.2 Å². The van der Waals surface area contributed by atoms with Crippen LogP contribution >= 0.6 is 0 Å². The highest BCUT2D eigenvalue weighted by Crippen LogP contribution is 2.32. The first-order chi connectivity index (χ1) is 7.45. The molecule has 0 aliphatic heterocycles. The fourth-order valence-electron chi connectivity index (χ4n) is 1.27. The minimum absolute atomic E-state index is 0.143. The molecule has 0 aliphatic rings. The van der Waals surface area contributed by atoms with Crippen molar-refractivity contribution in [2.24, 2.45) is 4.99 Å². The largest absolute Gasteiger partial charge is 0.416 e. The Bertz CT molecular complexity index is 421. The van der Waals surface area contributed by atoms with E-state index in [0.717, 1.165) is 12.1 Å². The van der Waals surface area contributed by atoms with Crippen LogP contribution in [-0.4, -0.2) is 12.6 Å². The normalized spacial score (nSPS) is 11.0. The Hall–Kier alpha value is -1.68. The van der Waals surface area contributed by atoms with Gasteiger partial charge in [0.25, 0.3) is 0 Å². The van der Waals surface area contributed by atoms with Gasteiger partial charge in [0.1, 0.15) is 5.82 Å². The Labute approximate surface area is 88.6 Å². The van der Waals surface area contributed by atoms with Crippen molar-refractivity contribution in [2.75, 3.05) is 6.54 Å². The molecule has 86 valence electrons. The van der Waals surface area contributed by atoms with E-state index in [2.05, 4.69) is 4.99 Å². The molecule has 0 heterocycles. The van der Waals surface area contributed by atoms with Gasteiger partial charge < -0.3 is 0 Å². The molecule has 16 heavy (non-hydrogen) atoms. The van der Waals surface area contributed by atoms with Crippen LogP contribution in [0.3, 0.4) is 0 Å². The van der Waals surface area contributed by atoms with Crippen LogP contribution in [0, 0.1) is 5.82 Å². The second-order valence-electron chi connectivity index (χ2n) is 3.02. The van der Waals surface area contributed by atoms with Gasteiger partial charge in [0.05, 0.1) is 12.1 Å². The van der Waals surface area contributed by atoms with E-state index in [4.69, 9.17) is 0 Å². The molecule has 0 fully saturated rings. The van der Waals surface area contributed by atoms with Gasteiger partial charge in [-0.1, -0.05) is 0 Å². The van der Waals surface area contributed by atoms with Crippen molar-refractivity contribution in [3.8, 4) is 0 Å². The number of rotatable bonds is 3. The summed E-state index contributed by atoms with van der Waals surface area (Å²) in [5.41, 5.74) is -1.12. The zero-order chi connectivity index (χ0) is 12.2. The van der Waals surface area contributed by atoms with Gasteiger partial charge in [0.2, 0.25) is 6.08 Å². The molecule has 0 spiro atoms. The molecule has 6 heteroatoms. The van der Waals surface area contributed by atoms with Gasteiger partial charge in [-0.15, -0.1) is 0 Å². The lowest BCUT2D eigenvalue weighted by molar-refractivity contribution is -0.138. The fourth-order valence-corrected chi connectivity index (χ4v) is 1.27. The summed E-state index contributed by atoms with van der Waals surface area (Å²) in [6.45, 7) is -0.143. The van der Waals surface area contributed by atoms with Gasteiger partial charge >= 0.3 is 6.18 Å². The summed E-state index contributed by atoms with van der Waals surface area (Å²) in [6.07, 6.45) is -3.47. The molecular formula is C10H7F4NO. The van der Waals surface area contributed by atoms with E-state index in [-0.39, 0.29) is 18.5 Å². The third-order valence-corrected chi connectivity index (χ3v) is 1.93. The van der Waals surface area contributed by atoms with E-state index in [1.54, 1.807) is 0 Å². The van der Waals surface area contributed by atoms with Crippen molar-refractivity contribution in [1.82, 2.24) is 0 Å². The number of benzene rings is 1. The lowest BCUT2D eigenvalue weighted by atomic mass is 10.0. The first kappa shape index (κ1) is 12.4. The van der Waals surface area contributed by atoms with E-state index < -0.39 is 17.6 Å². The van der Waals surface area contributed by atoms with Gasteiger partial charge in [-0.25, -0.2) is 14.2 Å². The topological polar surface area (TPSA) is 29.4 Å². The van der Waals surface area contributed by atoms with Crippen molar-refractivity contribution < 1.29 is 22.4 Å². The molecular weight excluding hydrogens is 226 g/mol. The molecule has 0 amide bonds. The summed E-state index contributed by atoms with van der Waals surface area (Å²) >= 11 is 0. The average molecular weight is 233 g/mol. The molecule has 0 aromatic heterocycles. The molecule has 0 N–H and O–H groups in total. The maximum Gasteiger partial charge on any atom is 0.416 e. The van der Waals surface area contributed by atoms with Crippen LogP contribution in [-0.2, 0) is 17.4 Å². The molecule has 0 unspecified atom stereocenters. The number of hydrogen-bond acceptors (Lipinski definition) is 2. The van der Waals surface area contributed by atoms with E-state index in [9.17, 15) is 22.4 Å². The molecule has 1 aromatic rings. The summed E-state index contributed by atoms with van der Waals surface area (Å²) in [6, 6.07) is 2.22. The molecule has 1 rings (SSSR count). The van der Waals surface area contributed by atoms with Crippen LogP contribution < -0.4 is 0 Å². The zero-order valence-electron chi connectivity index (χ0n) is 8.01. The first-order valence-corrected chi connectivity index (χ1v) is 4.34. The number of hydrogen-bond donors (Lipinski definition) is 0. The van der Waals surface area contributed by atoms with E-state index in [1.807, 2.05) is 0 Å². The van der Waals surface area contributed by atoms with Crippen LogP contribution in [0.4, 0.5) is 17.6 Å². The van der Waals surface area contributed by atoms with Gasteiger partial charge in [0, 0.05) is 0 Å². The summed E-state index contributed by atoms with van der Waals surface area (Å²) in [5, 5.41) is 0. The molecule has 0 bridgehead atoms. The van der Waals surface area contributed by atoms with E-state index in [1.165, 1.54) is 6.08 Å². The number of halogens is 4. The number of aliphatic imine (C=N–C) groups is 1. The van der Waals surface area contributed by atoms with Crippen molar-refractivity contribution in [3.63, 3.8) is 0 Å². The van der Waals surface area contributed by atoms with Crippen LogP contribution in [0.5, 0.6) is 0 Å². The lowest BCUT2D eigenvalue weighted by Crippen LogP contribution is -2.10. The van der Waals surface area contributed by atoms with Crippen LogP contribution in [0.1, 0.15) is 11.1 Å². The summed E-state index contributed by atoms with van der Waals surface area (Å²) < 4.78 is 50.1. The summed E-state index contributed by atoms with van der Waals surface area (Å²) in [4.78, 5) is 12.9. The van der Waals surface area contributed by atoms with Crippen LogP contribution in [0.2, 0.25) is 0 Å². The number of nitrogens with zero attached hydrogens (tertiary/aromatic N) is 1. The average Bonchev–Trinajstić information content (AvgIpc) is 2.16. The third kappa shape index (κ3) is 3.17. The highest BCUT2D eigenvalue weighted by atomic mass is 19.4. The smallest absolute Gasteiger partial charge is 0.211 e. The Morgan fingerprint density at radius 3 is 2.56 bits per heavy atom. The SMILES string of the molecule is O=C=NCCc1cc(F)ccc1C(F)(F)F. The molecule has 0 atom stereocenters. The lowest BCUT2D eigenvalue weighted by Gasteiger charge is -2.11. The maximum atomic E-state index is 12.8. The number of alkyl halides is 3. The molecule has 2 nitrogen and oxygen atoms in total. The van der Waals surface area contributed by atoms with Gasteiger partial charge in [-0.05, 0) is 30.2 Å². The Kier molecular flexibility index (Phi) is 3.79. The summed E-state index contributed by atoms with van der Waals surface area (Å²) in [5.74, 6) is -0.752. The van der Waals surface area contributed by atoms with E-state index in [0.29, 0.717) is 6.07 Å². The van der Waals surface area contributed by atoms with Crippen molar-refractivity contribution >= 4 is 6.08 Å². The molecule has 1 aromatic carbocycles. The number of isocyanates is 1. The first-order valence-electron chi connectivity index (χ1n) is 4.34. The van der Waals surface area contributed by atoms with Crippen LogP contribution in [0.15, 0.2) is 23.2 Å². The second-order valence-corrected chi connectivity index (χ2v) is 3.02. The summed E-state index contributed by atoms with van der Waals surface area (Å²) in [7, 11) is 0. The standard InChI is InChI=1S/C10H7F4NO/c11-8-1-2-9(10(12,13)14)7(5-8)3-4-15-6-16/h1-2,5H,3-4H2. The molecule has 0 saturated heterocycles. The van der Waals surface area contributed by atoms with Gasteiger partial charge in [0.15, 0.2) is 0 Å². The zero-order valence-corrected chi connectivity index (χ0v) is 8.01. The van der Waals surface area contributed by atoms with Crippen molar-refractivity contribution in [3.05, 3.63) is 35.1 Å². The minimum Gasteiger partial charge on any atom is -0.211 e. The second kappa shape index (κ2) is 4.90. The predicted octanol–water partition coefficient (Wildman–Crippen LogP) is 2.72. The molecule has 0 aliphatic carbocycles. The maximum absolute atomic E-state index is 12.8. The van der Waals surface area contributed by atoms with E-state index >= 15 is 0 Å². The molecule has 0 radical (unpaired) electrons. The highest BCUT2D eigenvalue weighted by Gasteiger charge is 2.33. The fraction of sp³-hybridized carbons (Fsp3) is 0.300. The quantitative estimate of drug-likeness (QED) is 0.448. The monoisotopic (exact) mass is 233 g/mol. The van der Waals surface area contributed by atoms with Crippen molar-refractivity contribution in [1.29, 1.82) is 0 Å². The van der Waals surface area contributed by atoms with Gasteiger partial charge in [-0.3, -0.25) is 0 Å². The number of carbonyl (C=O) groups excluding carboxylic acids is 1. The Morgan fingerprint density at radius 1 is 1.31 bits per heavy atom. The Balaban J connectivity index is 3.03. The third-order valence-electron chi connectivity index (χ3n) is 1.93. The minimum atomic E-state index is -4.53. The molecule has 0 saturated carbocycles. The van der Waals surface area contributed by atoms with Crippen LogP contribution in [0.25, 0.3) is 0 Å². The predicted molar refractivity (Wildman–Crippen MR) is 48.1 cm³/mol.